The Morgan fingerprint density at radius 1 is 1.50 bits per heavy atom. The number of amides is 2. The van der Waals surface area contributed by atoms with Crippen LogP contribution in [0.25, 0.3) is 0 Å². The van der Waals surface area contributed by atoms with Crippen molar-refractivity contribution in [3.8, 4) is 0 Å². The molecule has 1 rings (SSSR count). The summed E-state index contributed by atoms with van der Waals surface area (Å²) in [6.07, 6.45) is 2.60. The Morgan fingerprint density at radius 2 is 2.20 bits per heavy atom. The highest BCUT2D eigenvalue weighted by Gasteiger charge is 2.34. The fraction of sp³-hybridized carbons (Fsp3) is 0.846. The Labute approximate surface area is 124 Å². The molecule has 1 unspecified atom stereocenters. The van der Waals surface area contributed by atoms with Crippen molar-refractivity contribution >= 4 is 23.6 Å². The number of nitrogens with zero attached hydrogens (tertiary/aromatic N) is 1. The normalized spacial score (nSPS) is 20.9. The molecule has 0 aromatic rings. The lowest BCUT2D eigenvalue weighted by Gasteiger charge is -2.36. The predicted molar refractivity (Wildman–Crippen MR) is 80.6 cm³/mol. The number of hydrogen-bond acceptors (Lipinski definition) is 5. The zero-order valence-electron chi connectivity index (χ0n) is 12.4. The van der Waals surface area contributed by atoms with Crippen LogP contribution >= 0.6 is 11.8 Å². The Hall–Kier alpha value is -0.790. The Morgan fingerprint density at radius 3 is 2.80 bits per heavy atom. The largest absolute Gasteiger partial charge is 0.377 e. The summed E-state index contributed by atoms with van der Waals surface area (Å²) < 4.78 is 5.33. The summed E-state index contributed by atoms with van der Waals surface area (Å²) in [6.45, 7) is 4.88. The van der Waals surface area contributed by atoms with Gasteiger partial charge in [-0.15, -0.1) is 0 Å². The first-order valence-electron chi connectivity index (χ1n) is 6.90. The second-order valence-electron chi connectivity index (χ2n) is 5.17. The first-order valence-corrected chi connectivity index (χ1v) is 8.29. The maximum atomic E-state index is 12.4. The van der Waals surface area contributed by atoms with Crippen LogP contribution in [0, 0.1) is 0 Å². The van der Waals surface area contributed by atoms with Gasteiger partial charge in [-0.3, -0.25) is 9.59 Å². The third-order valence-electron chi connectivity index (χ3n) is 3.10. The molecule has 0 aromatic heterocycles. The molecule has 1 aliphatic heterocycles. The topological polar surface area (TPSA) is 84.7 Å². The molecule has 6 nitrogen and oxygen atoms in total. The van der Waals surface area contributed by atoms with Gasteiger partial charge in [0, 0.05) is 12.6 Å². The third-order valence-corrected chi connectivity index (χ3v) is 3.74. The number of morpholine rings is 1. The molecule has 0 aliphatic carbocycles. The summed E-state index contributed by atoms with van der Waals surface area (Å²) in [5.74, 6) is 0.497. The van der Waals surface area contributed by atoms with Crippen molar-refractivity contribution in [3.05, 3.63) is 0 Å². The van der Waals surface area contributed by atoms with Crippen LogP contribution in [0.3, 0.4) is 0 Å². The van der Waals surface area contributed by atoms with Gasteiger partial charge in [0.05, 0.1) is 19.3 Å². The van der Waals surface area contributed by atoms with Gasteiger partial charge in [0.15, 0.2) is 0 Å². The van der Waals surface area contributed by atoms with Crippen LogP contribution < -0.4 is 11.1 Å². The lowest BCUT2D eigenvalue weighted by atomic mass is 10.1. The Balaban J connectivity index is 2.67. The summed E-state index contributed by atoms with van der Waals surface area (Å²) in [5, 5.41) is 2.82. The van der Waals surface area contributed by atoms with Gasteiger partial charge in [-0.05, 0) is 32.3 Å². The van der Waals surface area contributed by atoms with Gasteiger partial charge in [0.25, 0.3) is 0 Å². The summed E-state index contributed by atoms with van der Waals surface area (Å²) in [7, 11) is 0. The van der Waals surface area contributed by atoms with Crippen molar-refractivity contribution < 1.29 is 14.3 Å². The number of nitrogens with two attached hydrogens (primary N) is 1. The van der Waals surface area contributed by atoms with Crippen molar-refractivity contribution in [3.63, 3.8) is 0 Å². The molecule has 0 radical (unpaired) electrons. The van der Waals surface area contributed by atoms with Gasteiger partial charge >= 0.3 is 0 Å². The van der Waals surface area contributed by atoms with Gasteiger partial charge in [-0.2, -0.15) is 11.8 Å². The number of carbonyl (C=O) groups excluding carboxylic acids is 2. The van der Waals surface area contributed by atoms with Crippen LogP contribution in [0.1, 0.15) is 20.3 Å². The monoisotopic (exact) mass is 303 g/mol. The predicted octanol–water partition coefficient (Wildman–Crippen LogP) is -0.181. The number of ether oxygens (including phenoxy) is 1. The van der Waals surface area contributed by atoms with Crippen molar-refractivity contribution in [1.29, 1.82) is 0 Å². The van der Waals surface area contributed by atoms with Crippen LogP contribution in [-0.2, 0) is 14.3 Å². The van der Waals surface area contributed by atoms with Crippen LogP contribution in [-0.4, -0.2) is 66.6 Å². The average molecular weight is 303 g/mol. The lowest BCUT2D eigenvalue weighted by molar-refractivity contribution is -0.149. The minimum Gasteiger partial charge on any atom is -0.377 e. The number of carbonyl (C=O) groups is 2. The molecule has 116 valence electrons. The summed E-state index contributed by atoms with van der Waals surface area (Å²) >= 11 is 1.65. The number of thioether (sulfide) groups is 1. The molecular weight excluding hydrogens is 278 g/mol. The molecule has 0 aromatic carbocycles. The van der Waals surface area contributed by atoms with Crippen LogP contribution in [0.2, 0.25) is 0 Å². The first kappa shape index (κ1) is 17.3. The van der Waals surface area contributed by atoms with Gasteiger partial charge in [-0.25, -0.2) is 0 Å². The van der Waals surface area contributed by atoms with Crippen molar-refractivity contribution in [2.24, 2.45) is 5.73 Å². The second-order valence-corrected chi connectivity index (χ2v) is 6.16. The van der Waals surface area contributed by atoms with Crippen molar-refractivity contribution in [1.82, 2.24) is 10.2 Å². The highest BCUT2D eigenvalue weighted by Crippen LogP contribution is 2.11. The van der Waals surface area contributed by atoms with E-state index in [0.717, 1.165) is 5.75 Å². The SMILES string of the molecule is CSCC[C@@H](N)C(=O)N1CCOCC1C(=O)NC(C)C. The highest BCUT2D eigenvalue weighted by atomic mass is 32.2. The smallest absolute Gasteiger partial charge is 0.245 e. The van der Waals surface area contributed by atoms with Crippen LogP contribution in [0.15, 0.2) is 0 Å². The highest BCUT2D eigenvalue weighted by molar-refractivity contribution is 7.98. The van der Waals surface area contributed by atoms with Crippen molar-refractivity contribution in [2.75, 3.05) is 31.8 Å². The Bertz CT molecular complexity index is 339. The fourth-order valence-corrected chi connectivity index (χ4v) is 2.54. The van der Waals surface area contributed by atoms with Crippen LogP contribution in [0.5, 0.6) is 0 Å². The number of hydrogen-bond donors (Lipinski definition) is 2. The lowest BCUT2D eigenvalue weighted by Crippen LogP contribution is -2.59. The molecule has 0 saturated carbocycles. The molecule has 0 spiro atoms. The van der Waals surface area contributed by atoms with E-state index in [1.807, 2.05) is 20.1 Å². The quantitative estimate of drug-likeness (QED) is 0.711. The molecule has 2 amide bonds. The number of nitrogens with one attached hydrogen (secondary N) is 1. The van der Waals surface area contributed by atoms with E-state index >= 15 is 0 Å². The van der Waals surface area contributed by atoms with Gasteiger partial charge in [-0.1, -0.05) is 0 Å². The number of rotatable bonds is 6. The third kappa shape index (κ3) is 4.96. The standard InChI is InChI=1S/C13H25N3O3S/c1-9(2)15-12(17)11-8-19-6-5-16(11)13(18)10(14)4-7-20-3/h9-11H,4-8,14H2,1-3H3,(H,15,17)/t10-,11?/m1/s1. The molecule has 1 heterocycles. The van der Waals surface area contributed by atoms with E-state index in [9.17, 15) is 9.59 Å². The van der Waals surface area contributed by atoms with Gasteiger partial charge in [0.2, 0.25) is 11.8 Å². The van der Waals surface area contributed by atoms with E-state index in [2.05, 4.69) is 5.32 Å². The first-order chi connectivity index (χ1) is 9.47. The summed E-state index contributed by atoms with van der Waals surface area (Å²) in [6, 6.07) is -1.08. The van der Waals surface area contributed by atoms with E-state index in [1.165, 1.54) is 0 Å². The molecule has 1 aliphatic rings. The molecule has 7 heteroatoms. The molecule has 1 fully saturated rings. The molecule has 2 atom stereocenters. The zero-order chi connectivity index (χ0) is 15.1. The van der Waals surface area contributed by atoms with Gasteiger partial charge < -0.3 is 20.7 Å². The van der Waals surface area contributed by atoms with E-state index in [1.54, 1.807) is 16.7 Å². The van der Waals surface area contributed by atoms with E-state index in [0.29, 0.717) is 19.6 Å². The van der Waals surface area contributed by atoms with E-state index in [4.69, 9.17) is 10.5 Å². The minimum absolute atomic E-state index is 0.0338. The van der Waals surface area contributed by atoms with E-state index < -0.39 is 12.1 Å². The fourth-order valence-electron chi connectivity index (χ4n) is 2.05. The summed E-state index contributed by atoms with van der Waals surface area (Å²) in [5.41, 5.74) is 5.92. The molecule has 1 saturated heterocycles. The molecule has 20 heavy (non-hydrogen) atoms. The maximum Gasteiger partial charge on any atom is 0.245 e. The zero-order valence-corrected chi connectivity index (χ0v) is 13.2. The molecular formula is C13H25N3O3S. The Kier molecular flexibility index (Phi) is 7.32. The molecule has 3 N–H and O–H groups in total. The minimum atomic E-state index is -0.570. The molecule has 0 bridgehead atoms. The van der Waals surface area contributed by atoms with E-state index in [-0.39, 0.29) is 24.5 Å². The second kappa shape index (κ2) is 8.49. The summed E-state index contributed by atoms with van der Waals surface area (Å²) in [4.78, 5) is 26.1. The van der Waals surface area contributed by atoms with Crippen LogP contribution in [0.4, 0.5) is 0 Å². The average Bonchev–Trinajstić information content (AvgIpc) is 2.43. The maximum absolute atomic E-state index is 12.4. The van der Waals surface area contributed by atoms with Gasteiger partial charge in [0.1, 0.15) is 6.04 Å². The van der Waals surface area contributed by atoms with Crippen molar-refractivity contribution in [2.45, 2.75) is 38.4 Å².